The number of nitrogens with zero attached hydrogens (tertiary/aromatic N) is 3. The van der Waals surface area contributed by atoms with Crippen LogP contribution in [0.3, 0.4) is 0 Å². The molecule has 3 heterocycles. The van der Waals surface area contributed by atoms with Crippen molar-refractivity contribution in [2.45, 2.75) is 11.2 Å². The average molecular weight is 454 g/mol. The first kappa shape index (κ1) is 20.9. The van der Waals surface area contributed by atoms with E-state index in [0.717, 1.165) is 22.3 Å². The van der Waals surface area contributed by atoms with Crippen LogP contribution in [0.2, 0.25) is 0 Å². The van der Waals surface area contributed by atoms with Crippen LogP contribution in [0.25, 0.3) is 10.2 Å². The minimum atomic E-state index is -4.50. The maximum Gasteiger partial charge on any atom is 0.416 e. The second kappa shape index (κ2) is 8.78. The highest BCUT2D eigenvalue weighted by molar-refractivity contribution is 8.00. The summed E-state index contributed by atoms with van der Waals surface area (Å²) in [7, 11) is 0. The van der Waals surface area contributed by atoms with E-state index >= 15 is 0 Å². The van der Waals surface area contributed by atoms with Crippen molar-refractivity contribution in [1.82, 2.24) is 9.97 Å². The standard InChI is InChI=1S/C19H17F3N4O2S2/c20-19(21,22)12-1-2-15(26-4-6-28-7-5-26)14(9-12)25-16(27)10-30-18-13-3-8-29-17(13)23-11-24-18/h1-3,8-9,11H,4-7,10H2,(H,25,27). The van der Waals surface area contributed by atoms with Crippen LogP contribution in [0.4, 0.5) is 24.5 Å². The number of fused-ring (bicyclic) bond motifs is 1. The summed E-state index contributed by atoms with van der Waals surface area (Å²) >= 11 is 2.69. The average Bonchev–Trinajstić information content (AvgIpc) is 3.22. The van der Waals surface area contributed by atoms with Gasteiger partial charge in [0.05, 0.1) is 35.9 Å². The number of alkyl halides is 3. The highest BCUT2D eigenvalue weighted by Crippen LogP contribution is 2.36. The first-order valence-corrected chi connectivity index (χ1v) is 10.9. The summed E-state index contributed by atoms with van der Waals surface area (Å²) in [6, 6.07) is 5.29. The molecule has 3 aromatic rings. The maximum absolute atomic E-state index is 13.2. The van der Waals surface area contributed by atoms with E-state index in [1.54, 1.807) is 0 Å². The van der Waals surface area contributed by atoms with Crippen molar-refractivity contribution in [3.8, 4) is 0 Å². The predicted molar refractivity (Wildman–Crippen MR) is 111 cm³/mol. The number of carbonyl (C=O) groups is 1. The Hall–Kier alpha value is -2.37. The number of nitrogens with one attached hydrogen (secondary N) is 1. The molecular weight excluding hydrogens is 437 g/mol. The molecule has 0 radical (unpaired) electrons. The molecule has 1 fully saturated rings. The van der Waals surface area contributed by atoms with Gasteiger partial charge in [0, 0.05) is 18.5 Å². The number of ether oxygens (including phenoxy) is 1. The Balaban J connectivity index is 1.52. The molecule has 0 unspecified atom stereocenters. The fourth-order valence-corrected chi connectivity index (χ4v) is 4.67. The van der Waals surface area contributed by atoms with Gasteiger partial charge in [-0.2, -0.15) is 13.2 Å². The molecule has 0 bridgehead atoms. The lowest BCUT2D eigenvalue weighted by molar-refractivity contribution is -0.137. The molecule has 1 saturated heterocycles. The molecule has 11 heteroatoms. The Morgan fingerprint density at radius 3 is 2.80 bits per heavy atom. The number of rotatable bonds is 5. The van der Waals surface area contributed by atoms with Crippen LogP contribution in [0.1, 0.15) is 5.56 Å². The second-order valence-electron chi connectivity index (χ2n) is 6.48. The molecule has 0 saturated carbocycles. The summed E-state index contributed by atoms with van der Waals surface area (Å²) in [6.45, 7) is 2.04. The van der Waals surface area contributed by atoms with Gasteiger partial charge in [0.2, 0.25) is 5.91 Å². The molecule has 4 rings (SSSR count). The van der Waals surface area contributed by atoms with Crippen molar-refractivity contribution < 1.29 is 22.7 Å². The van der Waals surface area contributed by atoms with E-state index in [2.05, 4.69) is 15.3 Å². The highest BCUT2D eigenvalue weighted by atomic mass is 32.2. The molecule has 0 atom stereocenters. The van der Waals surface area contributed by atoms with Crippen LogP contribution in [-0.4, -0.2) is 47.9 Å². The van der Waals surface area contributed by atoms with Crippen LogP contribution in [0, 0.1) is 0 Å². The number of anilines is 2. The number of aromatic nitrogens is 2. The number of hydrogen-bond donors (Lipinski definition) is 1. The molecule has 0 spiro atoms. The number of thioether (sulfide) groups is 1. The Bertz CT molecular complexity index is 1050. The zero-order valence-electron chi connectivity index (χ0n) is 15.6. The molecule has 0 aliphatic carbocycles. The molecular formula is C19H17F3N4O2S2. The third-order valence-corrected chi connectivity index (χ3v) is 6.34. The molecule has 30 heavy (non-hydrogen) atoms. The van der Waals surface area contributed by atoms with Crippen LogP contribution >= 0.6 is 23.1 Å². The zero-order chi connectivity index (χ0) is 21.1. The number of amides is 1. The number of morpholine rings is 1. The normalized spacial score (nSPS) is 14.8. The van der Waals surface area contributed by atoms with E-state index in [-0.39, 0.29) is 11.4 Å². The van der Waals surface area contributed by atoms with Crippen molar-refractivity contribution in [1.29, 1.82) is 0 Å². The first-order chi connectivity index (χ1) is 14.4. The lowest BCUT2D eigenvalue weighted by Gasteiger charge is -2.31. The third kappa shape index (κ3) is 4.68. The van der Waals surface area contributed by atoms with Gasteiger partial charge in [0.25, 0.3) is 0 Å². The molecule has 2 aromatic heterocycles. The SMILES string of the molecule is O=C(CSc1ncnc2sccc12)Nc1cc(C(F)(F)F)ccc1N1CCOCC1. The zero-order valence-corrected chi connectivity index (χ0v) is 17.2. The van der Waals surface area contributed by atoms with E-state index < -0.39 is 17.6 Å². The Kier molecular flexibility index (Phi) is 6.11. The summed E-state index contributed by atoms with van der Waals surface area (Å²) in [5, 5.41) is 6.05. The minimum Gasteiger partial charge on any atom is -0.378 e. The van der Waals surface area contributed by atoms with E-state index in [1.165, 1.54) is 35.5 Å². The van der Waals surface area contributed by atoms with Crippen molar-refractivity contribution >= 4 is 50.6 Å². The van der Waals surface area contributed by atoms with E-state index in [9.17, 15) is 18.0 Å². The van der Waals surface area contributed by atoms with Gasteiger partial charge < -0.3 is 15.0 Å². The number of halogens is 3. The molecule has 1 N–H and O–H groups in total. The fourth-order valence-electron chi connectivity index (χ4n) is 3.10. The Labute approximate surface area is 178 Å². The van der Waals surface area contributed by atoms with Crippen LogP contribution in [0.15, 0.2) is 41.0 Å². The topological polar surface area (TPSA) is 67.4 Å². The number of thiophene rings is 1. The molecule has 1 aliphatic heterocycles. The van der Waals surface area contributed by atoms with Gasteiger partial charge in [-0.05, 0) is 29.6 Å². The van der Waals surface area contributed by atoms with Crippen molar-refractivity contribution in [2.24, 2.45) is 0 Å². The van der Waals surface area contributed by atoms with Crippen LogP contribution in [-0.2, 0) is 15.7 Å². The lowest BCUT2D eigenvalue weighted by atomic mass is 10.1. The van der Waals surface area contributed by atoms with Crippen molar-refractivity contribution in [3.63, 3.8) is 0 Å². The van der Waals surface area contributed by atoms with Gasteiger partial charge in [-0.3, -0.25) is 4.79 Å². The third-order valence-electron chi connectivity index (χ3n) is 4.51. The van der Waals surface area contributed by atoms with E-state index in [4.69, 9.17) is 4.74 Å². The largest absolute Gasteiger partial charge is 0.416 e. The predicted octanol–water partition coefficient (Wildman–Crippen LogP) is 4.28. The Morgan fingerprint density at radius 1 is 1.23 bits per heavy atom. The lowest BCUT2D eigenvalue weighted by Crippen LogP contribution is -2.37. The van der Waals surface area contributed by atoms with Gasteiger partial charge in [0.15, 0.2) is 0 Å². The molecule has 1 aliphatic rings. The second-order valence-corrected chi connectivity index (χ2v) is 8.34. The molecule has 1 amide bonds. The summed E-state index contributed by atoms with van der Waals surface area (Å²) in [5.41, 5.74) is -0.120. The van der Waals surface area contributed by atoms with Crippen LogP contribution in [0.5, 0.6) is 0 Å². The smallest absolute Gasteiger partial charge is 0.378 e. The van der Waals surface area contributed by atoms with Gasteiger partial charge in [-0.15, -0.1) is 11.3 Å². The van der Waals surface area contributed by atoms with Crippen molar-refractivity contribution in [2.75, 3.05) is 42.3 Å². The van der Waals surface area contributed by atoms with Gasteiger partial charge in [0.1, 0.15) is 16.2 Å². The van der Waals surface area contributed by atoms with Crippen LogP contribution < -0.4 is 10.2 Å². The molecule has 1 aromatic carbocycles. The quantitative estimate of drug-likeness (QED) is 0.459. The summed E-state index contributed by atoms with van der Waals surface area (Å²) < 4.78 is 44.9. The number of benzene rings is 1. The van der Waals surface area contributed by atoms with Gasteiger partial charge >= 0.3 is 6.18 Å². The van der Waals surface area contributed by atoms with E-state index in [1.807, 2.05) is 16.3 Å². The van der Waals surface area contributed by atoms with Crippen molar-refractivity contribution in [3.05, 3.63) is 41.5 Å². The van der Waals surface area contributed by atoms with Gasteiger partial charge in [-0.25, -0.2) is 9.97 Å². The van der Waals surface area contributed by atoms with E-state index in [0.29, 0.717) is 37.0 Å². The number of carbonyl (C=O) groups excluding carboxylic acids is 1. The summed E-state index contributed by atoms with van der Waals surface area (Å²) in [4.78, 5) is 23.7. The summed E-state index contributed by atoms with van der Waals surface area (Å²) in [6.07, 6.45) is -3.06. The number of hydrogen-bond acceptors (Lipinski definition) is 7. The maximum atomic E-state index is 13.2. The monoisotopic (exact) mass is 454 g/mol. The highest BCUT2D eigenvalue weighted by Gasteiger charge is 2.32. The molecule has 6 nitrogen and oxygen atoms in total. The minimum absolute atomic E-state index is 0.0146. The molecule has 158 valence electrons. The van der Waals surface area contributed by atoms with Gasteiger partial charge in [-0.1, -0.05) is 11.8 Å². The Morgan fingerprint density at radius 2 is 2.03 bits per heavy atom. The summed E-state index contributed by atoms with van der Waals surface area (Å²) in [5.74, 6) is -0.392. The fraction of sp³-hybridized carbons (Fsp3) is 0.316. The first-order valence-electron chi connectivity index (χ1n) is 9.06.